The van der Waals surface area contributed by atoms with Crippen LogP contribution >= 0.6 is 0 Å². The highest BCUT2D eigenvalue weighted by Crippen LogP contribution is 2.22. The zero-order valence-corrected chi connectivity index (χ0v) is 13.5. The molecule has 1 heterocycles. The van der Waals surface area contributed by atoms with Gasteiger partial charge in [0.25, 0.3) is 10.1 Å². The minimum Gasteiger partial charge on any atom is -0.444 e. The first-order valence-electron chi connectivity index (χ1n) is 6.92. The Morgan fingerprint density at radius 1 is 1.30 bits per heavy atom. The lowest BCUT2D eigenvalue weighted by molar-refractivity contribution is 0.00759. The number of rotatable bonds is 4. The highest BCUT2D eigenvalue weighted by Gasteiger charge is 2.30. The summed E-state index contributed by atoms with van der Waals surface area (Å²) in [5, 5.41) is 0. The molecule has 7 heteroatoms. The van der Waals surface area contributed by atoms with E-state index in [2.05, 4.69) is 0 Å². The lowest BCUT2D eigenvalue weighted by Gasteiger charge is -2.36. The first kappa shape index (κ1) is 17.2. The van der Waals surface area contributed by atoms with E-state index in [1.54, 1.807) is 4.90 Å². The van der Waals surface area contributed by atoms with Gasteiger partial charge in [-0.15, -0.1) is 0 Å². The van der Waals surface area contributed by atoms with Crippen molar-refractivity contribution in [1.29, 1.82) is 0 Å². The molecule has 0 aromatic carbocycles. The zero-order valence-electron chi connectivity index (χ0n) is 12.7. The lowest BCUT2D eigenvalue weighted by atomic mass is 10.0. The number of carbonyl (C=O) groups is 1. The van der Waals surface area contributed by atoms with Crippen LogP contribution in [0.4, 0.5) is 4.79 Å². The van der Waals surface area contributed by atoms with E-state index in [1.807, 2.05) is 20.8 Å². The van der Waals surface area contributed by atoms with Gasteiger partial charge in [-0.25, -0.2) is 4.79 Å². The average molecular weight is 307 g/mol. The Morgan fingerprint density at radius 3 is 2.50 bits per heavy atom. The van der Waals surface area contributed by atoms with Crippen LogP contribution in [0.15, 0.2) is 0 Å². The maximum absolute atomic E-state index is 12.1. The minimum absolute atomic E-state index is 0.0136. The molecule has 1 saturated heterocycles. The quantitative estimate of drug-likeness (QED) is 0.744. The third kappa shape index (κ3) is 6.56. The molecule has 0 radical (unpaired) electrons. The maximum Gasteiger partial charge on any atom is 0.410 e. The summed E-state index contributed by atoms with van der Waals surface area (Å²) in [7, 11) is -3.43. The number of carbonyl (C=O) groups excluding carboxylic acids is 1. The fourth-order valence-electron chi connectivity index (χ4n) is 2.20. The average Bonchev–Trinajstić information content (AvgIpc) is 2.25. The van der Waals surface area contributed by atoms with E-state index < -0.39 is 15.7 Å². The molecule has 0 bridgehead atoms. The lowest BCUT2D eigenvalue weighted by Crippen LogP contribution is -2.46. The van der Waals surface area contributed by atoms with Gasteiger partial charge in [0.05, 0.1) is 12.9 Å². The van der Waals surface area contributed by atoms with E-state index in [1.165, 1.54) is 0 Å². The standard InChI is InChI=1S/C13H25NO5S/c1-13(2,3)19-12(15)14-9-6-5-7-11(14)8-10-18-20(4,16)17/h11H,5-10H2,1-4H3. The third-order valence-corrected chi connectivity index (χ3v) is 3.60. The van der Waals surface area contributed by atoms with E-state index in [9.17, 15) is 13.2 Å². The molecule has 20 heavy (non-hydrogen) atoms. The van der Waals surface area contributed by atoms with Crippen LogP contribution in [0.3, 0.4) is 0 Å². The summed E-state index contributed by atoms with van der Waals surface area (Å²) < 4.78 is 32.0. The molecule has 0 spiro atoms. The molecule has 6 nitrogen and oxygen atoms in total. The predicted octanol–water partition coefficient (Wildman–Crippen LogP) is 2.14. The van der Waals surface area contributed by atoms with Gasteiger partial charge in [-0.05, 0) is 46.5 Å². The van der Waals surface area contributed by atoms with Gasteiger partial charge in [-0.3, -0.25) is 4.18 Å². The number of likely N-dealkylation sites (tertiary alicyclic amines) is 1. The number of piperidine rings is 1. The normalized spacial score (nSPS) is 20.8. The van der Waals surface area contributed by atoms with Gasteiger partial charge >= 0.3 is 6.09 Å². The number of ether oxygens (including phenoxy) is 1. The molecular weight excluding hydrogens is 282 g/mol. The Bertz CT molecular complexity index is 427. The molecule has 0 aromatic heterocycles. The summed E-state index contributed by atoms with van der Waals surface area (Å²) in [5.41, 5.74) is -0.525. The number of hydrogen-bond donors (Lipinski definition) is 0. The summed E-state index contributed by atoms with van der Waals surface area (Å²) >= 11 is 0. The third-order valence-electron chi connectivity index (χ3n) is 3.00. The Hall–Kier alpha value is -0.820. The van der Waals surface area contributed by atoms with Crippen molar-refractivity contribution in [2.75, 3.05) is 19.4 Å². The fourth-order valence-corrected chi connectivity index (χ4v) is 2.60. The first-order valence-corrected chi connectivity index (χ1v) is 8.74. The van der Waals surface area contributed by atoms with Crippen molar-refractivity contribution in [2.24, 2.45) is 0 Å². The van der Waals surface area contributed by atoms with Gasteiger partial charge in [-0.1, -0.05) is 0 Å². The fraction of sp³-hybridized carbons (Fsp3) is 0.923. The van der Waals surface area contributed by atoms with Gasteiger partial charge in [0.1, 0.15) is 5.60 Å². The topological polar surface area (TPSA) is 72.9 Å². The van der Waals surface area contributed by atoms with E-state index in [0.717, 1.165) is 25.5 Å². The van der Waals surface area contributed by atoms with E-state index in [0.29, 0.717) is 13.0 Å². The second kappa shape index (κ2) is 6.76. The second-order valence-corrected chi connectivity index (χ2v) is 7.78. The molecule has 0 aliphatic carbocycles. The van der Waals surface area contributed by atoms with Crippen molar-refractivity contribution in [1.82, 2.24) is 4.90 Å². The van der Waals surface area contributed by atoms with Crippen LogP contribution in [-0.2, 0) is 19.0 Å². The monoisotopic (exact) mass is 307 g/mol. The highest BCUT2D eigenvalue weighted by molar-refractivity contribution is 7.85. The smallest absolute Gasteiger partial charge is 0.410 e. The summed E-state index contributed by atoms with van der Waals surface area (Å²) in [6, 6.07) is -0.0136. The van der Waals surface area contributed by atoms with Crippen LogP contribution in [0.1, 0.15) is 46.5 Å². The van der Waals surface area contributed by atoms with Crippen molar-refractivity contribution in [3.05, 3.63) is 0 Å². The van der Waals surface area contributed by atoms with Crippen LogP contribution in [0.5, 0.6) is 0 Å². The molecular formula is C13H25NO5S. The summed E-state index contributed by atoms with van der Waals surface area (Å²) in [4.78, 5) is 13.8. The largest absolute Gasteiger partial charge is 0.444 e. The van der Waals surface area contributed by atoms with Crippen molar-refractivity contribution in [3.8, 4) is 0 Å². The first-order chi connectivity index (χ1) is 9.08. The van der Waals surface area contributed by atoms with Crippen molar-refractivity contribution >= 4 is 16.2 Å². The molecule has 1 aliphatic rings. The van der Waals surface area contributed by atoms with Gasteiger partial charge in [0.15, 0.2) is 0 Å². The molecule has 118 valence electrons. The van der Waals surface area contributed by atoms with E-state index in [-0.39, 0.29) is 18.7 Å². The van der Waals surface area contributed by atoms with Crippen molar-refractivity contribution in [3.63, 3.8) is 0 Å². The maximum atomic E-state index is 12.1. The molecule has 0 aromatic rings. The Balaban J connectivity index is 2.56. The van der Waals surface area contributed by atoms with Gasteiger partial charge < -0.3 is 9.64 Å². The van der Waals surface area contributed by atoms with Gasteiger partial charge in [-0.2, -0.15) is 8.42 Å². The number of hydrogen-bond acceptors (Lipinski definition) is 5. The van der Waals surface area contributed by atoms with Crippen molar-refractivity contribution in [2.45, 2.75) is 58.1 Å². The molecule has 1 fully saturated rings. The molecule has 0 saturated carbocycles. The summed E-state index contributed by atoms with van der Waals surface area (Å²) in [5.74, 6) is 0. The zero-order chi connectivity index (χ0) is 15.4. The molecule has 1 atom stereocenters. The van der Waals surface area contributed by atoms with Crippen molar-refractivity contribution < 1.29 is 22.1 Å². The molecule has 1 amide bonds. The minimum atomic E-state index is -3.43. The highest BCUT2D eigenvalue weighted by atomic mass is 32.2. The Morgan fingerprint density at radius 2 is 1.95 bits per heavy atom. The molecule has 1 unspecified atom stereocenters. The van der Waals surface area contributed by atoms with E-state index >= 15 is 0 Å². The van der Waals surface area contributed by atoms with Gasteiger partial charge in [0.2, 0.25) is 0 Å². The Labute approximate surface area is 121 Å². The number of nitrogens with zero attached hydrogens (tertiary/aromatic N) is 1. The SMILES string of the molecule is CC(C)(C)OC(=O)N1CCCCC1CCOS(C)(=O)=O. The van der Waals surface area contributed by atoms with Crippen LogP contribution in [0, 0.1) is 0 Å². The summed E-state index contributed by atoms with van der Waals surface area (Å²) in [6.07, 6.45) is 4.03. The van der Waals surface area contributed by atoms with Crippen LogP contribution in [0.2, 0.25) is 0 Å². The Kier molecular flexibility index (Phi) is 5.82. The van der Waals surface area contributed by atoms with E-state index in [4.69, 9.17) is 8.92 Å². The molecule has 1 rings (SSSR count). The molecule has 0 N–H and O–H groups in total. The predicted molar refractivity (Wildman–Crippen MR) is 76.0 cm³/mol. The van der Waals surface area contributed by atoms with Crippen LogP contribution in [0.25, 0.3) is 0 Å². The summed E-state index contributed by atoms with van der Waals surface area (Å²) in [6.45, 7) is 6.24. The number of amides is 1. The van der Waals surface area contributed by atoms with Crippen LogP contribution in [-0.4, -0.2) is 50.5 Å². The second-order valence-electron chi connectivity index (χ2n) is 6.14. The molecule has 1 aliphatic heterocycles. The van der Waals surface area contributed by atoms with Gasteiger partial charge in [0, 0.05) is 12.6 Å². The van der Waals surface area contributed by atoms with Crippen LogP contribution < -0.4 is 0 Å².